The van der Waals surface area contributed by atoms with E-state index in [-0.39, 0.29) is 6.09 Å². The standard InChI is InChI=1S/C32H37N5O5/c1-19-28(34-26-16-22(30(38)41-6)17-27(40-5)37(19)26)25-15-21-12-13-23(33-29(21)36(25)18-20-10-11-20)24-9-7-8-14-35(24)31(39)42-32(2,3)4/h9,12-13,15-17,20H,7-8,10-11,14,18H2,1-6H3. The molecule has 0 bridgehead atoms. The minimum atomic E-state index is -0.586. The topological polar surface area (TPSA) is 100 Å². The lowest BCUT2D eigenvalue weighted by Gasteiger charge is -2.31. The van der Waals surface area contributed by atoms with Crippen LogP contribution in [0.2, 0.25) is 0 Å². The summed E-state index contributed by atoms with van der Waals surface area (Å²) >= 11 is 0. The van der Waals surface area contributed by atoms with Crippen LogP contribution in [0.3, 0.4) is 0 Å². The Morgan fingerprint density at radius 3 is 2.55 bits per heavy atom. The van der Waals surface area contributed by atoms with Gasteiger partial charge in [0.2, 0.25) is 0 Å². The van der Waals surface area contributed by atoms with Gasteiger partial charge in [0.25, 0.3) is 0 Å². The molecule has 5 heterocycles. The van der Waals surface area contributed by atoms with Crippen molar-refractivity contribution in [2.45, 2.75) is 65.5 Å². The highest BCUT2D eigenvalue weighted by Gasteiger charge is 2.30. The molecule has 1 saturated carbocycles. The highest BCUT2D eigenvalue weighted by atomic mass is 16.6. The van der Waals surface area contributed by atoms with E-state index in [4.69, 9.17) is 24.2 Å². The van der Waals surface area contributed by atoms with Gasteiger partial charge in [0, 0.05) is 24.5 Å². The van der Waals surface area contributed by atoms with Gasteiger partial charge < -0.3 is 18.8 Å². The van der Waals surface area contributed by atoms with Crippen LogP contribution < -0.4 is 4.74 Å². The number of carbonyl (C=O) groups excluding carboxylic acids is 2. The number of aryl methyl sites for hydroxylation is 1. The Morgan fingerprint density at radius 1 is 1.07 bits per heavy atom. The molecular formula is C32H37N5O5. The van der Waals surface area contributed by atoms with Crippen LogP contribution in [-0.2, 0) is 16.0 Å². The van der Waals surface area contributed by atoms with Gasteiger partial charge in [0.1, 0.15) is 22.6 Å². The van der Waals surface area contributed by atoms with Gasteiger partial charge in [-0.15, -0.1) is 0 Å². The summed E-state index contributed by atoms with van der Waals surface area (Å²) in [5.74, 6) is 0.630. The number of ether oxygens (including phenoxy) is 3. The smallest absolute Gasteiger partial charge is 0.414 e. The molecule has 0 N–H and O–H groups in total. The molecule has 0 spiro atoms. The average molecular weight is 572 g/mol. The molecule has 10 nitrogen and oxygen atoms in total. The molecule has 6 rings (SSSR count). The first-order valence-electron chi connectivity index (χ1n) is 14.4. The number of imidazole rings is 1. The third-order valence-corrected chi connectivity index (χ3v) is 7.76. The van der Waals surface area contributed by atoms with Crippen molar-refractivity contribution in [1.29, 1.82) is 0 Å². The maximum atomic E-state index is 13.1. The molecule has 4 aromatic heterocycles. The second-order valence-electron chi connectivity index (χ2n) is 12.1. The Labute approximate surface area is 244 Å². The summed E-state index contributed by atoms with van der Waals surface area (Å²) < 4.78 is 20.5. The van der Waals surface area contributed by atoms with Gasteiger partial charge in [-0.05, 0) is 83.6 Å². The fourth-order valence-corrected chi connectivity index (χ4v) is 5.58. The van der Waals surface area contributed by atoms with Crippen LogP contribution in [-0.4, -0.2) is 62.3 Å². The van der Waals surface area contributed by atoms with Gasteiger partial charge in [-0.2, -0.15) is 0 Å². The monoisotopic (exact) mass is 571 g/mol. The van der Waals surface area contributed by atoms with E-state index in [1.54, 1.807) is 24.1 Å². The number of carbonyl (C=O) groups is 2. The quantitative estimate of drug-likeness (QED) is 0.253. The summed E-state index contributed by atoms with van der Waals surface area (Å²) in [5.41, 5.74) is 5.39. The zero-order valence-electron chi connectivity index (χ0n) is 25.1. The SMILES string of the molecule is COC(=O)c1cc(OC)n2c(C)c(-c3cc4ccc(C5=CCCCN5C(=O)OC(C)(C)C)nc4n3CC3CC3)nc2c1. The van der Waals surface area contributed by atoms with Crippen LogP contribution >= 0.6 is 0 Å². The second-order valence-corrected chi connectivity index (χ2v) is 12.1. The second kappa shape index (κ2) is 10.5. The molecule has 0 saturated heterocycles. The Bertz CT molecular complexity index is 1740. The van der Waals surface area contributed by atoms with Gasteiger partial charge in [-0.1, -0.05) is 6.08 Å². The molecule has 0 aromatic carbocycles. The van der Waals surface area contributed by atoms with Crippen LogP contribution in [0.1, 0.15) is 68.2 Å². The van der Waals surface area contributed by atoms with Crippen LogP contribution in [0.15, 0.2) is 36.4 Å². The predicted molar refractivity (Wildman–Crippen MR) is 159 cm³/mol. The molecule has 42 heavy (non-hydrogen) atoms. The van der Waals surface area contributed by atoms with Gasteiger partial charge >= 0.3 is 12.1 Å². The normalized spacial score (nSPS) is 15.7. The van der Waals surface area contributed by atoms with Gasteiger partial charge in [-0.3, -0.25) is 9.30 Å². The first kappa shape index (κ1) is 27.8. The molecule has 4 aromatic rings. The Morgan fingerprint density at radius 2 is 1.86 bits per heavy atom. The van der Waals surface area contributed by atoms with E-state index in [9.17, 15) is 9.59 Å². The van der Waals surface area contributed by atoms with E-state index >= 15 is 0 Å². The Hall–Kier alpha value is -4.34. The van der Waals surface area contributed by atoms with Crippen molar-refractivity contribution >= 4 is 34.4 Å². The number of hydrogen-bond acceptors (Lipinski definition) is 7. The molecule has 0 atom stereocenters. The van der Waals surface area contributed by atoms with Crippen molar-refractivity contribution in [3.63, 3.8) is 0 Å². The third-order valence-electron chi connectivity index (χ3n) is 7.76. The molecule has 1 aliphatic carbocycles. The van der Waals surface area contributed by atoms with E-state index in [2.05, 4.69) is 22.8 Å². The number of allylic oxidation sites excluding steroid dienone is 1. The Kier molecular flexibility index (Phi) is 6.95. The molecule has 10 heteroatoms. The number of fused-ring (bicyclic) bond motifs is 2. The zero-order valence-corrected chi connectivity index (χ0v) is 25.1. The molecule has 2 aliphatic rings. The first-order chi connectivity index (χ1) is 20.1. The lowest BCUT2D eigenvalue weighted by molar-refractivity contribution is 0.0346. The fourth-order valence-electron chi connectivity index (χ4n) is 5.58. The number of nitrogens with zero attached hydrogens (tertiary/aromatic N) is 5. The fraction of sp³-hybridized carbons (Fsp3) is 0.438. The highest BCUT2D eigenvalue weighted by Crippen LogP contribution is 2.38. The molecular weight excluding hydrogens is 534 g/mol. The Balaban J connectivity index is 1.47. The van der Waals surface area contributed by atoms with E-state index in [0.29, 0.717) is 29.6 Å². The van der Waals surface area contributed by atoms with E-state index in [1.807, 2.05) is 38.2 Å². The molecule has 220 valence electrons. The van der Waals surface area contributed by atoms with Crippen molar-refractivity contribution in [3.8, 4) is 17.3 Å². The average Bonchev–Trinajstić information content (AvgIpc) is 3.64. The van der Waals surface area contributed by atoms with Crippen LogP contribution in [0, 0.1) is 12.8 Å². The molecule has 1 amide bonds. The first-order valence-corrected chi connectivity index (χ1v) is 14.4. The van der Waals surface area contributed by atoms with E-state index in [0.717, 1.165) is 58.9 Å². The molecule has 0 unspecified atom stereocenters. The summed E-state index contributed by atoms with van der Waals surface area (Å²) in [7, 11) is 2.93. The zero-order chi connectivity index (χ0) is 29.8. The summed E-state index contributed by atoms with van der Waals surface area (Å²) in [6, 6.07) is 9.55. The number of methoxy groups -OCH3 is 2. The van der Waals surface area contributed by atoms with Crippen molar-refractivity contribution in [2.24, 2.45) is 5.92 Å². The van der Waals surface area contributed by atoms with Crippen LogP contribution in [0.5, 0.6) is 5.88 Å². The summed E-state index contributed by atoms with van der Waals surface area (Å²) in [6.07, 6.45) is 5.83. The molecule has 1 aliphatic heterocycles. The summed E-state index contributed by atoms with van der Waals surface area (Å²) in [4.78, 5) is 37.3. The van der Waals surface area contributed by atoms with Gasteiger partial charge in [-0.25, -0.2) is 19.6 Å². The van der Waals surface area contributed by atoms with Crippen LogP contribution in [0.25, 0.3) is 33.8 Å². The summed E-state index contributed by atoms with van der Waals surface area (Å²) in [6.45, 7) is 9.04. The van der Waals surface area contributed by atoms with Crippen molar-refractivity contribution < 1.29 is 23.8 Å². The number of esters is 1. The van der Waals surface area contributed by atoms with Gasteiger partial charge in [0.05, 0.1) is 42.6 Å². The maximum Gasteiger partial charge on any atom is 0.414 e. The van der Waals surface area contributed by atoms with Crippen molar-refractivity contribution in [3.05, 3.63) is 53.4 Å². The van der Waals surface area contributed by atoms with E-state index < -0.39 is 11.6 Å². The van der Waals surface area contributed by atoms with Crippen molar-refractivity contribution in [2.75, 3.05) is 20.8 Å². The number of aromatic nitrogens is 4. The minimum absolute atomic E-state index is 0.356. The third kappa shape index (κ3) is 5.10. The summed E-state index contributed by atoms with van der Waals surface area (Å²) in [5, 5.41) is 0.994. The molecule has 0 radical (unpaired) electrons. The molecule has 1 fully saturated rings. The predicted octanol–water partition coefficient (Wildman–Crippen LogP) is 6.24. The van der Waals surface area contributed by atoms with E-state index in [1.165, 1.54) is 20.0 Å². The number of rotatable bonds is 6. The number of hydrogen-bond donors (Lipinski definition) is 0. The highest BCUT2D eigenvalue weighted by molar-refractivity contribution is 5.92. The maximum absolute atomic E-state index is 13.1. The number of pyridine rings is 2. The van der Waals surface area contributed by atoms with Gasteiger partial charge in [0.15, 0.2) is 5.88 Å². The largest absolute Gasteiger partial charge is 0.482 e. The van der Waals surface area contributed by atoms with Crippen molar-refractivity contribution in [1.82, 2.24) is 23.8 Å². The lowest BCUT2D eigenvalue weighted by atomic mass is 10.1. The lowest BCUT2D eigenvalue weighted by Crippen LogP contribution is -2.37. The minimum Gasteiger partial charge on any atom is -0.482 e. The number of amides is 1. The van der Waals surface area contributed by atoms with Crippen LogP contribution in [0.4, 0.5) is 4.79 Å².